The fraction of sp³-hybridized carbons (Fsp3) is 0.533. The number of carbonyl (C=O) groups is 1. The van der Waals surface area contributed by atoms with E-state index in [0.29, 0.717) is 6.04 Å². The van der Waals surface area contributed by atoms with Gasteiger partial charge in [0.1, 0.15) is 0 Å². The average Bonchev–Trinajstić information content (AvgIpc) is 2.41. The second-order valence-electron chi connectivity index (χ2n) is 5.13. The zero-order chi connectivity index (χ0) is 13.0. The number of thioether (sulfide) groups is 1. The third-order valence-corrected chi connectivity index (χ3v) is 4.50. The van der Waals surface area contributed by atoms with Crippen molar-refractivity contribution >= 4 is 17.7 Å². The van der Waals surface area contributed by atoms with Gasteiger partial charge in [0.25, 0.3) is 5.91 Å². The maximum atomic E-state index is 12.2. The fourth-order valence-electron chi connectivity index (χ4n) is 2.50. The number of rotatable bonds is 3. The van der Waals surface area contributed by atoms with Crippen molar-refractivity contribution in [1.29, 1.82) is 0 Å². The fourth-order valence-corrected chi connectivity index (χ4v) is 3.10. The van der Waals surface area contributed by atoms with E-state index in [-0.39, 0.29) is 5.91 Å². The van der Waals surface area contributed by atoms with Gasteiger partial charge in [-0.05, 0) is 50.0 Å². The number of carbonyl (C=O) groups excluding carboxylic acids is 1. The van der Waals surface area contributed by atoms with Gasteiger partial charge in [-0.3, -0.25) is 4.79 Å². The van der Waals surface area contributed by atoms with Crippen LogP contribution in [-0.4, -0.2) is 18.2 Å². The predicted molar refractivity (Wildman–Crippen MR) is 77.1 cm³/mol. The molecular weight excluding hydrogens is 242 g/mol. The molecule has 1 aliphatic carbocycles. The SMILES string of the molecule is CSc1ccccc1C(=O)NC1CCC(C)CC1. The Morgan fingerprint density at radius 2 is 1.89 bits per heavy atom. The van der Waals surface area contributed by atoms with Gasteiger partial charge < -0.3 is 5.32 Å². The summed E-state index contributed by atoms with van der Waals surface area (Å²) in [6.07, 6.45) is 6.71. The molecule has 1 aromatic rings. The van der Waals surface area contributed by atoms with E-state index in [4.69, 9.17) is 0 Å². The Bertz CT molecular complexity index is 411. The second kappa shape index (κ2) is 6.28. The van der Waals surface area contributed by atoms with Crippen molar-refractivity contribution in [2.45, 2.75) is 43.5 Å². The van der Waals surface area contributed by atoms with Crippen LogP contribution >= 0.6 is 11.8 Å². The summed E-state index contributed by atoms with van der Waals surface area (Å²) < 4.78 is 0. The molecular formula is C15H21NOS. The maximum Gasteiger partial charge on any atom is 0.252 e. The summed E-state index contributed by atoms with van der Waals surface area (Å²) >= 11 is 1.63. The summed E-state index contributed by atoms with van der Waals surface area (Å²) in [5.74, 6) is 0.899. The summed E-state index contributed by atoms with van der Waals surface area (Å²) in [5, 5.41) is 3.18. The van der Waals surface area contributed by atoms with Gasteiger partial charge in [0.15, 0.2) is 0 Å². The van der Waals surface area contributed by atoms with E-state index >= 15 is 0 Å². The highest BCUT2D eigenvalue weighted by Gasteiger charge is 2.21. The van der Waals surface area contributed by atoms with E-state index < -0.39 is 0 Å². The van der Waals surface area contributed by atoms with Gasteiger partial charge in [0.2, 0.25) is 0 Å². The Hall–Kier alpha value is -0.960. The van der Waals surface area contributed by atoms with Crippen LogP contribution in [0.3, 0.4) is 0 Å². The van der Waals surface area contributed by atoms with E-state index in [1.807, 2.05) is 30.5 Å². The molecule has 18 heavy (non-hydrogen) atoms. The molecule has 0 aromatic heterocycles. The number of amides is 1. The van der Waals surface area contributed by atoms with Gasteiger partial charge in [0, 0.05) is 10.9 Å². The molecule has 1 aliphatic rings. The molecule has 1 N–H and O–H groups in total. The lowest BCUT2D eigenvalue weighted by Gasteiger charge is -2.27. The first-order chi connectivity index (χ1) is 8.70. The van der Waals surface area contributed by atoms with Crippen molar-refractivity contribution in [3.05, 3.63) is 29.8 Å². The van der Waals surface area contributed by atoms with Crippen LogP contribution in [0, 0.1) is 5.92 Å². The average molecular weight is 263 g/mol. The van der Waals surface area contributed by atoms with E-state index in [1.165, 1.54) is 12.8 Å². The van der Waals surface area contributed by atoms with Crippen LogP contribution in [0.15, 0.2) is 29.2 Å². The lowest BCUT2D eigenvalue weighted by atomic mass is 9.87. The third-order valence-electron chi connectivity index (χ3n) is 3.70. The second-order valence-corrected chi connectivity index (χ2v) is 5.98. The van der Waals surface area contributed by atoms with Gasteiger partial charge in [-0.2, -0.15) is 0 Å². The number of nitrogens with one attached hydrogen (secondary N) is 1. The van der Waals surface area contributed by atoms with E-state index in [2.05, 4.69) is 12.2 Å². The van der Waals surface area contributed by atoms with Crippen LogP contribution in [-0.2, 0) is 0 Å². The molecule has 0 atom stereocenters. The summed E-state index contributed by atoms with van der Waals surface area (Å²) in [4.78, 5) is 13.3. The van der Waals surface area contributed by atoms with Gasteiger partial charge in [-0.25, -0.2) is 0 Å². The smallest absolute Gasteiger partial charge is 0.252 e. The Balaban J connectivity index is 1.99. The van der Waals surface area contributed by atoms with Crippen molar-refractivity contribution in [3.63, 3.8) is 0 Å². The van der Waals surface area contributed by atoms with Crippen LogP contribution in [0.5, 0.6) is 0 Å². The van der Waals surface area contributed by atoms with Crippen molar-refractivity contribution in [1.82, 2.24) is 5.32 Å². The molecule has 0 bridgehead atoms. The molecule has 98 valence electrons. The molecule has 0 aliphatic heterocycles. The van der Waals surface area contributed by atoms with Crippen molar-refractivity contribution in [2.75, 3.05) is 6.26 Å². The molecule has 2 rings (SSSR count). The first-order valence-corrected chi connectivity index (χ1v) is 7.87. The number of hydrogen-bond donors (Lipinski definition) is 1. The molecule has 0 spiro atoms. The highest BCUT2D eigenvalue weighted by Crippen LogP contribution is 2.25. The minimum absolute atomic E-state index is 0.0829. The zero-order valence-corrected chi connectivity index (χ0v) is 11.9. The monoisotopic (exact) mass is 263 g/mol. The molecule has 2 nitrogen and oxygen atoms in total. The normalized spacial score (nSPS) is 23.7. The van der Waals surface area contributed by atoms with Crippen LogP contribution in [0.4, 0.5) is 0 Å². The molecule has 1 fully saturated rings. The molecule has 1 aromatic carbocycles. The third kappa shape index (κ3) is 3.29. The summed E-state index contributed by atoms with van der Waals surface area (Å²) in [7, 11) is 0. The lowest BCUT2D eigenvalue weighted by molar-refractivity contribution is 0.0920. The topological polar surface area (TPSA) is 29.1 Å². The maximum absolute atomic E-state index is 12.2. The molecule has 0 saturated heterocycles. The summed E-state index contributed by atoms with van der Waals surface area (Å²) in [6.45, 7) is 2.29. The van der Waals surface area contributed by atoms with Gasteiger partial charge in [-0.15, -0.1) is 11.8 Å². The van der Waals surface area contributed by atoms with Crippen molar-refractivity contribution < 1.29 is 4.79 Å². The van der Waals surface area contributed by atoms with Gasteiger partial charge >= 0.3 is 0 Å². The minimum atomic E-state index is 0.0829. The van der Waals surface area contributed by atoms with Crippen molar-refractivity contribution in [3.8, 4) is 0 Å². The van der Waals surface area contributed by atoms with Gasteiger partial charge in [-0.1, -0.05) is 19.1 Å². The highest BCUT2D eigenvalue weighted by atomic mass is 32.2. The highest BCUT2D eigenvalue weighted by molar-refractivity contribution is 7.98. The quantitative estimate of drug-likeness (QED) is 0.842. The first kappa shape index (κ1) is 13.5. The largest absolute Gasteiger partial charge is 0.349 e. The number of benzene rings is 1. The zero-order valence-electron chi connectivity index (χ0n) is 11.1. The van der Waals surface area contributed by atoms with Crippen molar-refractivity contribution in [2.24, 2.45) is 5.92 Å². The first-order valence-electron chi connectivity index (χ1n) is 6.64. The molecule has 0 radical (unpaired) electrons. The molecule has 0 heterocycles. The van der Waals surface area contributed by atoms with Crippen LogP contribution in [0.25, 0.3) is 0 Å². The van der Waals surface area contributed by atoms with Gasteiger partial charge in [0.05, 0.1) is 5.56 Å². The number of hydrogen-bond acceptors (Lipinski definition) is 2. The summed E-state index contributed by atoms with van der Waals surface area (Å²) in [6, 6.07) is 8.18. The Morgan fingerprint density at radius 3 is 2.56 bits per heavy atom. The Kier molecular flexibility index (Phi) is 4.70. The predicted octanol–water partition coefficient (Wildman–Crippen LogP) is 3.72. The molecule has 1 saturated carbocycles. The Morgan fingerprint density at radius 1 is 1.22 bits per heavy atom. The van der Waals surface area contributed by atoms with Crippen LogP contribution < -0.4 is 5.32 Å². The Labute approximate surface area is 114 Å². The lowest BCUT2D eigenvalue weighted by Crippen LogP contribution is -2.37. The van der Waals surface area contributed by atoms with Crippen LogP contribution in [0.2, 0.25) is 0 Å². The van der Waals surface area contributed by atoms with Crippen LogP contribution in [0.1, 0.15) is 43.0 Å². The molecule has 3 heteroatoms. The van der Waals surface area contributed by atoms with E-state index in [0.717, 1.165) is 29.2 Å². The van der Waals surface area contributed by atoms with E-state index in [9.17, 15) is 4.79 Å². The minimum Gasteiger partial charge on any atom is -0.349 e. The molecule has 0 unspecified atom stereocenters. The van der Waals surface area contributed by atoms with E-state index in [1.54, 1.807) is 11.8 Å². The standard InChI is InChI=1S/C15H21NOS/c1-11-7-9-12(10-8-11)16-15(17)13-5-3-4-6-14(13)18-2/h3-6,11-12H,7-10H2,1-2H3,(H,16,17). The molecule has 1 amide bonds. The summed E-state index contributed by atoms with van der Waals surface area (Å²) in [5.41, 5.74) is 0.809.